The van der Waals surface area contributed by atoms with E-state index in [0.29, 0.717) is 39.1 Å². The van der Waals surface area contributed by atoms with Crippen LogP contribution in [0.1, 0.15) is 28.4 Å². The highest BCUT2D eigenvalue weighted by Crippen LogP contribution is 2.31. The number of hydrogen-bond acceptors (Lipinski definition) is 6. The van der Waals surface area contributed by atoms with E-state index in [0.717, 1.165) is 0 Å². The topological polar surface area (TPSA) is 74.2 Å². The van der Waals surface area contributed by atoms with Crippen molar-refractivity contribution in [1.82, 2.24) is 0 Å². The number of hydrogen-bond donors (Lipinski definition) is 0. The number of benzene rings is 3. The molecule has 0 aliphatic carbocycles. The third-order valence-electron chi connectivity index (χ3n) is 4.57. The second-order valence-electron chi connectivity index (χ2n) is 6.85. The number of aliphatic imine (C=N–C) groups is 1. The van der Waals surface area contributed by atoms with Gasteiger partial charge in [0.25, 0.3) is 0 Å². The Morgan fingerprint density at radius 1 is 1.03 bits per heavy atom. The molecule has 0 unspecified atom stereocenters. The Balaban J connectivity index is 1.61. The van der Waals surface area contributed by atoms with Gasteiger partial charge in [-0.25, -0.2) is 14.6 Å². The summed E-state index contributed by atoms with van der Waals surface area (Å²) in [5, 5.41) is 0.777. The van der Waals surface area contributed by atoms with Gasteiger partial charge in [0.2, 0.25) is 5.90 Å². The third kappa shape index (κ3) is 5.25. The molecule has 8 heteroatoms. The van der Waals surface area contributed by atoms with Gasteiger partial charge in [-0.15, -0.1) is 0 Å². The number of halogens is 2. The lowest BCUT2D eigenvalue weighted by Crippen LogP contribution is -2.09. The molecule has 3 aromatic rings. The SMILES string of the molecule is CCOc1cc(/C=C2\N=C(c3ccc(Cl)cc3Cl)OC2=O)ccc1OC(=O)c1ccccc1. The first-order valence-electron chi connectivity index (χ1n) is 9.96. The average molecular weight is 482 g/mol. The summed E-state index contributed by atoms with van der Waals surface area (Å²) in [6.07, 6.45) is 1.55. The molecule has 0 atom stereocenters. The van der Waals surface area contributed by atoms with Gasteiger partial charge < -0.3 is 14.2 Å². The predicted octanol–water partition coefficient (Wildman–Crippen LogP) is 5.96. The highest BCUT2D eigenvalue weighted by molar-refractivity contribution is 6.37. The maximum absolute atomic E-state index is 12.4. The summed E-state index contributed by atoms with van der Waals surface area (Å²) in [5.74, 6) is -0.414. The van der Waals surface area contributed by atoms with Crippen molar-refractivity contribution in [3.8, 4) is 11.5 Å². The standard InChI is InChI=1S/C25H17Cl2NO5/c1-2-31-22-13-15(8-11-21(22)32-24(29)16-6-4-3-5-7-16)12-20-25(30)33-23(28-20)18-10-9-17(26)14-19(18)27/h3-14H,2H2,1H3/b20-12-. The Labute approximate surface area is 200 Å². The van der Waals surface area contributed by atoms with Gasteiger partial charge in [0.15, 0.2) is 17.2 Å². The lowest BCUT2D eigenvalue weighted by atomic mass is 10.1. The third-order valence-corrected chi connectivity index (χ3v) is 5.11. The smallest absolute Gasteiger partial charge is 0.363 e. The van der Waals surface area contributed by atoms with E-state index in [2.05, 4.69) is 4.99 Å². The summed E-state index contributed by atoms with van der Waals surface area (Å²) in [5.41, 5.74) is 1.57. The monoisotopic (exact) mass is 481 g/mol. The van der Waals surface area contributed by atoms with Crippen molar-refractivity contribution in [3.05, 3.63) is 99.2 Å². The zero-order valence-corrected chi connectivity index (χ0v) is 18.9. The first kappa shape index (κ1) is 22.6. The van der Waals surface area contributed by atoms with Crippen molar-refractivity contribution in [3.63, 3.8) is 0 Å². The largest absolute Gasteiger partial charge is 0.490 e. The molecule has 0 bridgehead atoms. The fourth-order valence-electron chi connectivity index (χ4n) is 3.05. The van der Waals surface area contributed by atoms with Gasteiger partial charge in [-0.05, 0) is 61.0 Å². The maximum atomic E-state index is 12.4. The minimum absolute atomic E-state index is 0.0892. The molecule has 0 aromatic heterocycles. The summed E-state index contributed by atoms with van der Waals surface area (Å²) in [7, 11) is 0. The van der Waals surface area contributed by atoms with Crippen LogP contribution in [0, 0.1) is 0 Å². The van der Waals surface area contributed by atoms with Crippen LogP contribution in [0.4, 0.5) is 0 Å². The summed E-state index contributed by atoms with van der Waals surface area (Å²) in [6.45, 7) is 2.17. The molecule has 1 heterocycles. The van der Waals surface area contributed by atoms with Crippen LogP contribution >= 0.6 is 23.2 Å². The van der Waals surface area contributed by atoms with Gasteiger partial charge in [-0.1, -0.05) is 47.5 Å². The Kier molecular flexibility index (Phi) is 6.77. The lowest BCUT2D eigenvalue weighted by Gasteiger charge is -2.11. The molecule has 33 heavy (non-hydrogen) atoms. The Morgan fingerprint density at radius 2 is 1.82 bits per heavy atom. The number of carbonyl (C=O) groups excluding carboxylic acids is 2. The van der Waals surface area contributed by atoms with Gasteiger partial charge in [0.05, 0.1) is 22.8 Å². The van der Waals surface area contributed by atoms with Crippen LogP contribution < -0.4 is 9.47 Å². The minimum Gasteiger partial charge on any atom is -0.490 e. The number of esters is 2. The van der Waals surface area contributed by atoms with Crippen molar-refractivity contribution in [1.29, 1.82) is 0 Å². The molecular formula is C25H17Cl2NO5. The molecule has 4 rings (SSSR count). The predicted molar refractivity (Wildman–Crippen MR) is 126 cm³/mol. The van der Waals surface area contributed by atoms with Gasteiger partial charge >= 0.3 is 11.9 Å². The minimum atomic E-state index is -0.617. The molecule has 0 fully saturated rings. The number of nitrogens with zero attached hydrogens (tertiary/aromatic N) is 1. The zero-order valence-electron chi connectivity index (χ0n) is 17.4. The molecule has 0 spiro atoms. The van der Waals surface area contributed by atoms with E-state index >= 15 is 0 Å². The second kappa shape index (κ2) is 9.90. The molecule has 1 aliphatic rings. The molecular weight excluding hydrogens is 465 g/mol. The molecule has 0 saturated heterocycles. The maximum Gasteiger partial charge on any atom is 0.363 e. The summed E-state index contributed by atoms with van der Waals surface area (Å²) in [6, 6.07) is 18.4. The van der Waals surface area contributed by atoms with E-state index in [4.69, 9.17) is 37.4 Å². The molecule has 0 N–H and O–H groups in total. The van der Waals surface area contributed by atoms with Gasteiger partial charge in [-0.3, -0.25) is 0 Å². The molecule has 6 nitrogen and oxygen atoms in total. The molecule has 0 radical (unpaired) electrons. The summed E-state index contributed by atoms with van der Waals surface area (Å²) >= 11 is 12.1. The first-order valence-corrected chi connectivity index (χ1v) is 10.7. The number of rotatable bonds is 6. The summed E-state index contributed by atoms with van der Waals surface area (Å²) < 4.78 is 16.4. The van der Waals surface area contributed by atoms with Crippen molar-refractivity contribution in [2.45, 2.75) is 6.92 Å². The number of cyclic esters (lactones) is 1. The molecule has 1 aliphatic heterocycles. The average Bonchev–Trinajstić information content (AvgIpc) is 3.16. The van der Waals surface area contributed by atoms with Gasteiger partial charge in [0, 0.05) is 5.02 Å². The number of carbonyl (C=O) groups is 2. The van der Waals surface area contributed by atoms with E-state index < -0.39 is 11.9 Å². The van der Waals surface area contributed by atoms with Crippen LogP contribution in [0.2, 0.25) is 10.0 Å². The zero-order chi connectivity index (χ0) is 23.4. The Morgan fingerprint density at radius 3 is 2.55 bits per heavy atom. The normalized spacial score (nSPS) is 14.1. The highest BCUT2D eigenvalue weighted by Gasteiger charge is 2.26. The second-order valence-corrected chi connectivity index (χ2v) is 7.70. The van der Waals surface area contributed by atoms with E-state index in [1.807, 2.05) is 13.0 Å². The Hall–Kier alpha value is -3.61. The fraction of sp³-hybridized carbons (Fsp3) is 0.0800. The quantitative estimate of drug-likeness (QED) is 0.246. The van der Waals surface area contributed by atoms with Crippen molar-refractivity contribution >= 4 is 47.1 Å². The molecule has 3 aromatic carbocycles. The van der Waals surface area contributed by atoms with Crippen molar-refractivity contribution in [2.75, 3.05) is 6.61 Å². The van der Waals surface area contributed by atoms with Crippen LogP contribution in [0.5, 0.6) is 11.5 Å². The van der Waals surface area contributed by atoms with Crippen LogP contribution in [-0.2, 0) is 9.53 Å². The van der Waals surface area contributed by atoms with Crippen molar-refractivity contribution < 1.29 is 23.8 Å². The fourth-order valence-corrected chi connectivity index (χ4v) is 3.53. The van der Waals surface area contributed by atoms with Crippen LogP contribution in [0.25, 0.3) is 6.08 Å². The Bertz CT molecular complexity index is 1290. The molecule has 0 amide bonds. The van der Waals surface area contributed by atoms with Crippen LogP contribution in [-0.4, -0.2) is 24.4 Å². The summed E-state index contributed by atoms with van der Waals surface area (Å²) in [4.78, 5) is 29.0. The van der Waals surface area contributed by atoms with E-state index in [-0.39, 0.29) is 17.3 Å². The van der Waals surface area contributed by atoms with Crippen LogP contribution in [0.3, 0.4) is 0 Å². The lowest BCUT2D eigenvalue weighted by molar-refractivity contribution is -0.129. The van der Waals surface area contributed by atoms with Gasteiger partial charge in [-0.2, -0.15) is 0 Å². The van der Waals surface area contributed by atoms with Crippen LogP contribution in [0.15, 0.2) is 77.4 Å². The molecule has 0 saturated carbocycles. The first-order chi connectivity index (χ1) is 15.9. The highest BCUT2D eigenvalue weighted by atomic mass is 35.5. The van der Waals surface area contributed by atoms with E-state index in [1.165, 1.54) is 0 Å². The van der Waals surface area contributed by atoms with E-state index in [1.54, 1.807) is 66.7 Å². The van der Waals surface area contributed by atoms with E-state index in [9.17, 15) is 9.59 Å². The molecule has 166 valence electrons. The van der Waals surface area contributed by atoms with Gasteiger partial charge in [0.1, 0.15) is 0 Å². The van der Waals surface area contributed by atoms with Crippen molar-refractivity contribution in [2.24, 2.45) is 4.99 Å². The number of ether oxygens (including phenoxy) is 3.